The van der Waals surface area contributed by atoms with Gasteiger partial charge in [0.1, 0.15) is 16.5 Å². The number of rotatable bonds is 5. The number of thiazole rings is 1. The average molecular weight is 449 g/mol. The van der Waals surface area contributed by atoms with Gasteiger partial charge in [-0.15, -0.1) is 11.3 Å². The van der Waals surface area contributed by atoms with Crippen LogP contribution in [0.25, 0.3) is 49.7 Å². The monoisotopic (exact) mass is 448 g/mol. The van der Waals surface area contributed by atoms with Crippen LogP contribution in [0, 0.1) is 0 Å². The van der Waals surface area contributed by atoms with Gasteiger partial charge in [-0.2, -0.15) is 4.57 Å². The van der Waals surface area contributed by atoms with Gasteiger partial charge in [-0.25, -0.2) is 9.55 Å². The van der Waals surface area contributed by atoms with Crippen molar-refractivity contribution in [1.82, 2.24) is 9.55 Å². The smallest absolute Gasteiger partial charge is 0.287 e. The van der Waals surface area contributed by atoms with Gasteiger partial charge in [0, 0.05) is 11.6 Å². The Morgan fingerprint density at radius 2 is 1.79 bits per heavy atom. The van der Waals surface area contributed by atoms with Crippen molar-refractivity contribution in [2.45, 2.75) is 13.5 Å². The third kappa shape index (κ3) is 3.47. The summed E-state index contributed by atoms with van der Waals surface area (Å²) in [6.07, 6.45) is 5.85. The number of fused-ring (bicyclic) bond motifs is 2. The average Bonchev–Trinajstić information content (AvgIpc) is 3.59. The maximum atomic E-state index is 5.54. The molecule has 0 bridgehead atoms. The third-order valence-corrected chi connectivity index (χ3v) is 6.91. The zero-order valence-corrected chi connectivity index (χ0v) is 19.0. The predicted molar refractivity (Wildman–Crippen MR) is 135 cm³/mol. The lowest BCUT2D eigenvalue weighted by Crippen LogP contribution is -2.35. The molecule has 0 fully saturated rings. The Morgan fingerprint density at radius 3 is 2.58 bits per heavy atom. The summed E-state index contributed by atoms with van der Waals surface area (Å²) in [5, 5.41) is 1.04. The molecule has 6 aromatic rings. The molecule has 0 atom stereocenters. The first kappa shape index (κ1) is 19.7. The van der Waals surface area contributed by atoms with Crippen LogP contribution in [-0.4, -0.2) is 9.55 Å². The summed E-state index contributed by atoms with van der Waals surface area (Å²) in [6, 6.07) is 29.3. The standard InChI is InChI=1S/C28H22N3OS/c1-2-30-25-19-20(28-29-23-12-6-7-13-26(23)33-28)14-16-24(25)31(21-9-4-3-5-10-21)27(30)17-15-22-11-8-18-32-22/h3-19H,2H2,1H3/q+1/b17-15+. The van der Waals surface area contributed by atoms with Crippen LogP contribution in [-0.2, 0) is 6.54 Å². The molecule has 0 aliphatic heterocycles. The van der Waals surface area contributed by atoms with E-state index in [-0.39, 0.29) is 0 Å². The number of nitrogens with zero attached hydrogens (tertiary/aromatic N) is 3. The summed E-state index contributed by atoms with van der Waals surface area (Å²) < 4.78 is 11.4. The highest BCUT2D eigenvalue weighted by atomic mass is 32.1. The Labute approximate surface area is 195 Å². The van der Waals surface area contributed by atoms with Crippen LogP contribution in [0.15, 0.2) is 95.6 Å². The highest BCUT2D eigenvalue weighted by Crippen LogP contribution is 2.32. The molecule has 0 saturated heterocycles. The molecule has 3 heterocycles. The maximum Gasteiger partial charge on any atom is 0.287 e. The topological polar surface area (TPSA) is 34.8 Å². The van der Waals surface area contributed by atoms with E-state index in [1.165, 1.54) is 10.2 Å². The number of aryl methyl sites for hydroxylation is 1. The quantitative estimate of drug-likeness (QED) is 0.267. The second-order valence-corrected chi connectivity index (χ2v) is 8.84. The van der Waals surface area contributed by atoms with E-state index in [1.807, 2.05) is 30.3 Å². The fraction of sp³-hybridized carbons (Fsp3) is 0.0714. The summed E-state index contributed by atoms with van der Waals surface area (Å²) in [6.45, 7) is 3.03. The molecule has 0 spiro atoms. The van der Waals surface area contributed by atoms with Crippen LogP contribution in [0.5, 0.6) is 0 Å². The summed E-state index contributed by atoms with van der Waals surface area (Å²) in [4.78, 5) is 4.88. The van der Waals surface area contributed by atoms with E-state index in [2.05, 4.69) is 82.8 Å². The molecule has 160 valence electrons. The maximum absolute atomic E-state index is 5.54. The minimum absolute atomic E-state index is 0.831. The number of hydrogen-bond donors (Lipinski definition) is 0. The van der Waals surface area contributed by atoms with Crippen molar-refractivity contribution in [3.05, 3.63) is 103 Å². The number of furan rings is 1. The molecule has 4 nitrogen and oxygen atoms in total. The van der Waals surface area contributed by atoms with E-state index in [0.29, 0.717) is 0 Å². The molecule has 0 saturated carbocycles. The molecule has 6 rings (SSSR count). The van der Waals surface area contributed by atoms with Crippen LogP contribution < -0.4 is 4.57 Å². The molecule has 0 N–H and O–H groups in total. The first-order valence-corrected chi connectivity index (χ1v) is 11.8. The van der Waals surface area contributed by atoms with Gasteiger partial charge in [0.05, 0.1) is 23.0 Å². The lowest BCUT2D eigenvalue weighted by molar-refractivity contribution is -0.670. The molecule has 3 aromatic heterocycles. The fourth-order valence-electron chi connectivity index (χ4n) is 4.31. The molecular weight excluding hydrogens is 426 g/mol. The summed E-state index contributed by atoms with van der Waals surface area (Å²) in [7, 11) is 0. The van der Waals surface area contributed by atoms with Crippen LogP contribution >= 0.6 is 11.3 Å². The summed E-state index contributed by atoms with van der Waals surface area (Å²) in [5.41, 5.74) is 5.65. The van der Waals surface area contributed by atoms with Gasteiger partial charge in [0.15, 0.2) is 11.0 Å². The second kappa shape index (κ2) is 8.19. The normalized spacial score (nSPS) is 11.8. The van der Waals surface area contributed by atoms with Gasteiger partial charge >= 0.3 is 0 Å². The van der Waals surface area contributed by atoms with Gasteiger partial charge in [-0.3, -0.25) is 0 Å². The van der Waals surface area contributed by atoms with Gasteiger partial charge in [0.25, 0.3) is 5.82 Å². The Hall–Kier alpha value is -3.96. The number of hydrogen-bond acceptors (Lipinski definition) is 3. The van der Waals surface area contributed by atoms with Crippen molar-refractivity contribution < 1.29 is 8.98 Å². The molecule has 0 amide bonds. The van der Waals surface area contributed by atoms with Crippen molar-refractivity contribution in [2.24, 2.45) is 0 Å². The lowest BCUT2D eigenvalue weighted by Gasteiger charge is -2.00. The van der Waals surface area contributed by atoms with Crippen LogP contribution in [0.2, 0.25) is 0 Å². The highest BCUT2D eigenvalue weighted by Gasteiger charge is 2.24. The summed E-state index contributed by atoms with van der Waals surface area (Å²) >= 11 is 1.73. The number of aromatic nitrogens is 3. The number of imidazole rings is 1. The zero-order valence-electron chi connectivity index (χ0n) is 18.2. The Morgan fingerprint density at radius 1 is 0.939 bits per heavy atom. The minimum Gasteiger partial charge on any atom is -0.465 e. The van der Waals surface area contributed by atoms with Crippen LogP contribution in [0.4, 0.5) is 0 Å². The highest BCUT2D eigenvalue weighted by molar-refractivity contribution is 7.21. The largest absolute Gasteiger partial charge is 0.465 e. The molecule has 0 aliphatic rings. The lowest BCUT2D eigenvalue weighted by atomic mass is 10.2. The molecule has 3 aromatic carbocycles. The van der Waals surface area contributed by atoms with Crippen molar-refractivity contribution >= 4 is 44.7 Å². The second-order valence-electron chi connectivity index (χ2n) is 7.81. The molecule has 33 heavy (non-hydrogen) atoms. The molecular formula is C28H22N3OS+. The summed E-state index contributed by atoms with van der Waals surface area (Å²) in [5.74, 6) is 1.93. The Bertz CT molecular complexity index is 1560. The first-order valence-electron chi connectivity index (χ1n) is 11.0. The van der Waals surface area contributed by atoms with Crippen molar-refractivity contribution in [1.29, 1.82) is 0 Å². The van der Waals surface area contributed by atoms with E-state index in [4.69, 9.17) is 9.40 Å². The minimum atomic E-state index is 0.831. The van der Waals surface area contributed by atoms with Gasteiger partial charge in [-0.05, 0) is 67.6 Å². The third-order valence-electron chi connectivity index (χ3n) is 5.82. The van der Waals surface area contributed by atoms with Crippen molar-refractivity contribution in [3.63, 3.8) is 0 Å². The molecule has 0 unspecified atom stereocenters. The van der Waals surface area contributed by atoms with Gasteiger partial charge in [-0.1, -0.05) is 30.3 Å². The first-order chi connectivity index (χ1) is 16.3. The molecule has 0 radical (unpaired) electrons. The van der Waals surface area contributed by atoms with E-state index in [9.17, 15) is 0 Å². The zero-order chi connectivity index (χ0) is 22.2. The Kier molecular flexibility index (Phi) is 4.89. The van der Waals surface area contributed by atoms with E-state index in [0.717, 1.165) is 45.4 Å². The van der Waals surface area contributed by atoms with E-state index in [1.54, 1.807) is 17.6 Å². The SMILES string of the molecule is CC[n+]1c(/C=C/c2ccco2)n(-c2ccccc2)c2ccc(-c3nc4ccccc4s3)cc21. The molecule has 0 aliphatic carbocycles. The van der Waals surface area contributed by atoms with Crippen molar-refractivity contribution in [3.8, 4) is 16.3 Å². The van der Waals surface area contributed by atoms with E-state index < -0.39 is 0 Å². The van der Waals surface area contributed by atoms with Crippen LogP contribution in [0.1, 0.15) is 18.5 Å². The van der Waals surface area contributed by atoms with Gasteiger partial charge < -0.3 is 4.42 Å². The number of para-hydroxylation sites is 2. The fourth-order valence-corrected chi connectivity index (χ4v) is 5.27. The van der Waals surface area contributed by atoms with Crippen molar-refractivity contribution in [2.75, 3.05) is 0 Å². The predicted octanol–water partition coefficient (Wildman–Crippen LogP) is 6.98. The molecule has 5 heteroatoms. The Balaban J connectivity index is 1.58. The van der Waals surface area contributed by atoms with Crippen LogP contribution in [0.3, 0.4) is 0 Å². The number of benzene rings is 3. The van der Waals surface area contributed by atoms with E-state index >= 15 is 0 Å². The van der Waals surface area contributed by atoms with Gasteiger partial charge in [0.2, 0.25) is 0 Å².